The Labute approximate surface area is 105 Å². The highest BCUT2D eigenvalue weighted by molar-refractivity contribution is 7.99. The smallest absolute Gasteiger partial charge is 0.242 e. The number of hydrogen-bond donors (Lipinski definition) is 2. The maximum absolute atomic E-state index is 12.1. The minimum absolute atomic E-state index is 0.0736. The molecule has 16 heavy (non-hydrogen) atoms. The van der Waals surface area contributed by atoms with E-state index < -0.39 is 5.41 Å². The molecule has 90 valence electrons. The van der Waals surface area contributed by atoms with Crippen LogP contribution in [0.3, 0.4) is 0 Å². The summed E-state index contributed by atoms with van der Waals surface area (Å²) < 4.78 is 0. The highest BCUT2D eigenvalue weighted by Crippen LogP contribution is 2.36. The van der Waals surface area contributed by atoms with Gasteiger partial charge in [0, 0.05) is 5.25 Å². The van der Waals surface area contributed by atoms with Gasteiger partial charge in [0.2, 0.25) is 11.8 Å². The van der Waals surface area contributed by atoms with Gasteiger partial charge in [0.1, 0.15) is 5.41 Å². The van der Waals surface area contributed by atoms with E-state index in [0.717, 1.165) is 6.42 Å². The average molecular weight is 260 g/mol. The fourth-order valence-electron chi connectivity index (χ4n) is 1.96. The van der Waals surface area contributed by atoms with E-state index in [1.54, 1.807) is 0 Å². The summed E-state index contributed by atoms with van der Waals surface area (Å²) in [4.78, 5) is 24.1. The van der Waals surface area contributed by atoms with Crippen molar-refractivity contribution in [1.29, 1.82) is 0 Å². The molecule has 1 saturated heterocycles. The van der Waals surface area contributed by atoms with Gasteiger partial charge in [-0.15, -0.1) is 0 Å². The fourth-order valence-corrected chi connectivity index (χ4v) is 2.88. The molecular formula is C10H16N2O2S2. The van der Waals surface area contributed by atoms with E-state index in [1.807, 2.05) is 20.1 Å². The van der Waals surface area contributed by atoms with Crippen molar-refractivity contribution in [2.75, 3.05) is 6.26 Å². The van der Waals surface area contributed by atoms with Crippen molar-refractivity contribution >= 4 is 40.9 Å². The molecule has 0 aromatic rings. The number of rotatable bonds is 4. The van der Waals surface area contributed by atoms with Crippen LogP contribution in [0.25, 0.3) is 0 Å². The monoisotopic (exact) mass is 260 g/mol. The highest BCUT2D eigenvalue weighted by atomic mass is 32.2. The van der Waals surface area contributed by atoms with Gasteiger partial charge in [-0.05, 0) is 24.9 Å². The van der Waals surface area contributed by atoms with Gasteiger partial charge in [-0.3, -0.25) is 9.59 Å². The molecule has 0 spiro atoms. The second-order valence-electron chi connectivity index (χ2n) is 3.84. The molecule has 1 atom stereocenters. The number of amides is 2. The minimum atomic E-state index is -0.990. The van der Waals surface area contributed by atoms with Crippen LogP contribution in [-0.2, 0) is 9.59 Å². The third-order valence-corrected chi connectivity index (χ3v) is 4.27. The summed E-state index contributed by atoms with van der Waals surface area (Å²) in [5.74, 6) is -0.546. The summed E-state index contributed by atoms with van der Waals surface area (Å²) in [6.07, 6.45) is 3.21. The Balaban J connectivity index is 3.11. The summed E-state index contributed by atoms with van der Waals surface area (Å²) in [6.45, 7) is 3.86. The summed E-state index contributed by atoms with van der Waals surface area (Å²) in [7, 11) is 0. The van der Waals surface area contributed by atoms with Gasteiger partial charge in [0.05, 0.1) is 0 Å². The first kappa shape index (κ1) is 13.4. The van der Waals surface area contributed by atoms with Gasteiger partial charge in [-0.25, -0.2) is 0 Å². The molecule has 0 aromatic carbocycles. The van der Waals surface area contributed by atoms with Crippen LogP contribution in [0.15, 0.2) is 0 Å². The summed E-state index contributed by atoms with van der Waals surface area (Å²) in [5.41, 5.74) is -0.990. The van der Waals surface area contributed by atoms with Gasteiger partial charge < -0.3 is 10.6 Å². The molecule has 4 nitrogen and oxygen atoms in total. The third kappa shape index (κ3) is 2.08. The van der Waals surface area contributed by atoms with E-state index >= 15 is 0 Å². The van der Waals surface area contributed by atoms with Crippen molar-refractivity contribution in [3.05, 3.63) is 0 Å². The van der Waals surface area contributed by atoms with Gasteiger partial charge in [-0.2, -0.15) is 11.8 Å². The zero-order chi connectivity index (χ0) is 12.3. The predicted octanol–water partition coefficient (Wildman–Crippen LogP) is 1.06. The Morgan fingerprint density at radius 2 is 1.88 bits per heavy atom. The Kier molecular flexibility index (Phi) is 4.32. The van der Waals surface area contributed by atoms with Crippen LogP contribution in [0.1, 0.15) is 26.7 Å². The Morgan fingerprint density at radius 1 is 1.38 bits per heavy atom. The normalized spacial score (nSPS) is 21.3. The summed E-state index contributed by atoms with van der Waals surface area (Å²) in [6, 6.07) is 0. The van der Waals surface area contributed by atoms with Crippen molar-refractivity contribution in [3.63, 3.8) is 0 Å². The third-order valence-electron chi connectivity index (χ3n) is 2.96. The van der Waals surface area contributed by atoms with Gasteiger partial charge in [0.15, 0.2) is 5.11 Å². The van der Waals surface area contributed by atoms with E-state index in [2.05, 4.69) is 10.6 Å². The molecule has 0 aliphatic carbocycles. The topological polar surface area (TPSA) is 58.2 Å². The standard InChI is InChI=1S/C10H16N2O2S2/c1-4-5-10(6(2)16-3)7(13)11-9(15)12-8(10)14/h6H,4-5H2,1-3H3,(H2,11,12,13,14,15). The summed E-state index contributed by atoms with van der Waals surface area (Å²) >= 11 is 6.31. The van der Waals surface area contributed by atoms with Crippen LogP contribution >= 0.6 is 24.0 Å². The van der Waals surface area contributed by atoms with Crippen LogP contribution in [0.5, 0.6) is 0 Å². The molecule has 2 N–H and O–H groups in total. The van der Waals surface area contributed by atoms with Crippen molar-refractivity contribution in [3.8, 4) is 0 Å². The molecule has 1 aliphatic rings. The lowest BCUT2D eigenvalue weighted by Gasteiger charge is -2.38. The lowest BCUT2D eigenvalue weighted by molar-refractivity contribution is -0.143. The van der Waals surface area contributed by atoms with Crippen molar-refractivity contribution < 1.29 is 9.59 Å². The zero-order valence-corrected chi connectivity index (χ0v) is 11.3. The minimum Gasteiger partial charge on any atom is -0.302 e. The first-order valence-corrected chi connectivity index (χ1v) is 6.88. The first-order valence-electron chi connectivity index (χ1n) is 5.18. The lowest BCUT2D eigenvalue weighted by Crippen LogP contribution is -2.65. The molecule has 1 unspecified atom stereocenters. The average Bonchev–Trinajstić information content (AvgIpc) is 2.22. The number of thiocarbonyl (C=S) groups is 1. The van der Waals surface area contributed by atoms with E-state index in [-0.39, 0.29) is 22.2 Å². The van der Waals surface area contributed by atoms with E-state index in [4.69, 9.17) is 12.2 Å². The van der Waals surface area contributed by atoms with Crippen LogP contribution in [0, 0.1) is 5.41 Å². The SMILES string of the molecule is CCCC1(C(C)SC)C(=O)NC(=S)NC1=O. The molecule has 0 bridgehead atoms. The van der Waals surface area contributed by atoms with Gasteiger partial charge >= 0.3 is 0 Å². The maximum Gasteiger partial charge on any atom is 0.242 e. The molecule has 0 radical (unpaired) electrons. The molecule has 0 saturated carbocycles. The first-order chi connectivity index (χ1) is 7.48. The van der Waals surface area contributed by atoms with Crippen molar-refractivity contribution in [1.82, 2.24) is 10.6 Å². The molecule has 1 rings (SSSR count). The van der Waals surface area contributed by atoms with Crippen molar-refractivity contribution in [2.45, 2.75) is 31.9 Å². The zero-order valence-electron chi connectivity index (χ0n) is 9.62. The van der Waals surface area contributed by atoms with Gasteiger partial charge in [0.25, 0.3) is 0 Å². The molecule has 6 heteroatoms. The number of thioether (sulfide) groups is 1. The molecule has 0 aromatic heterocycles. The second kappa shape index (κ2) is 5.14. The Hall–Kier alpha value is -0.620. The predicted molar refractivity (Wildman–Crippen MR) is 69.2 cm³/mol. The molecule has 2 amide bonds. The van der Waals surface area contributed by atoms with Crippen LogP contribution in [0.2, 0.25) is 0 Å². The molecule has 1 heterocycles. The second-order valence-corrected chi connectivity index (χ2v) is 5.42. The largest absolute Gasteiger partial charge is 0.302 e. The molecule has 1 fully saturated rings. The van der Waals surface area contributed by atoms with E-state index in [0.29, 0.717) is 6.42 Å². The Bertz CT molecular complexity index is 311. The van der Waals surface area contributed by atoms with E-state index in [1.165, 1.54) is 11.8 Å². The van der Waals surface area contributed by atoms with Crippen molar-refractivity contribution in [2.24, 2.45) is 5.41 Å². The quantitative estimate of drug-likeness (QED) is 0.586. The summed E-state index contributed by atoms with van der Waals surface area (Å²) in [5, 5.41) is 5.13. The number of nitrogens with one attached hydrogen (secondary N) is 2. The number of hydrogen-bond acceptors (Lipinski definition) is 4. The maximum atomic E-state index is 12.1. The van der Waals surface area contributed by atoms with Gasteiger partial charge in [-0.1, -0.05) is 20.3 Å². The fraction of sp³-hybridized carbons (Fsp3) is 0.700. The van der Waals surface area contributed by atoms with Crippen LogP contribution in [-0.4, -0.2) is 28.4 Å². The van der Waals surface area contributed by atoms with Crippen LogP contribution in [0.4, 0.5) is 0 Å². The highest BCUT2D eigenvalue weighted by Gasteiger charge is 2.52. The number of carbonyl (C=O) groups excluding carboxylic acids is 2. The number of carbonyl (C=O) groups is 2. The molecule has 1 aliphatic heterocycles. The molecular weight excluding hydrogens is 244 g/mol. The lowest BCUT2D eigenvalue weighted by atomic mass is 9.77. The van der Waals surface area contributed by atoms with E-state index in [9.17, 15) is 9.59 Å². The Morgan fingerprint density at radius 3 is 2.25 bits per heavy atom. The van der Waals surface area contributed by atoms with Crippen LogP contribution < -0.4 is 10.6 Å².